The fraction of sp³-hybridized carbons (Fsp3) is 0.533. The van der Waals surface area contributed by atoms with Crippen molar-refractivity contribution in [1.29, 1.82) is 0 Å². The smallest absolute Gasteiger partial charge is 0.261 e. The number of aromatic nitrogens is 4. The van der Waals surface area contributed by atoms with Crippen LogP contribution in [-0.4, -0.2) is 19.3 Å². The van der Waals surface area contributed by atoms with Crippen LogP contribution in [0.15, 0.2) is 23.1 Å². The summed E-state index contributed by atoms with van der Waals surface area (Å²) >= 11 is 5.27. The van der Waals surface area contributed by atoms with Crippen molar-refractivity contribution in [3.63, 3.8) is 0 Å². The number of nitrogens with zero attached hydrogens (tertiary/aromatic N) is 3. The van der Waals surface area contributed by atoms with Gasteiger partial charge in [0.05, 0.1) is 5.56 Å². The molecule has 0 aliphatic carbocycles. The minimum atomic E-state index is -0.0230. The van der Waals surface area contributed by atoms with E-state index in [4.69, 9.17) is 12.2 Å². The average Bonchev–Trinajstić information content (AvgIpc) is 2.73. The number of H-pyrrole nitrogens is 1. The number of hydrogen-bond acceptors (Lipinski definition) is 3. The first-order valence-electron chi connectivity index (χ1n) is 7.25. The van der Waals surface area contributed by atoms with Gasteiger partial charge in [0, 0.05) is 19.3 Å². The minimum Gasteiger partial charge on any atom is -0.315 e. The van der Waals surface area contributed by atoms with Gasteiger partial charge in [0.2, 0.25) is 0 Å². The van der Waals surface area contributed by atoms with Crippen molar-refractivity contribution >= 4 is 12.2 Å². The van der Waals surface area contributed by atoms with Gasteiger partial charge in [0.1, 0.15) is 0 Å². The average molecular weight is 306 g/mol. The molecule has 0 aromatic carbocycles. The molecule has 2 aromatic heterocycles. The Morgan fingerprint density at radius 3 is 2.52 bits per heavy atom. The zero-order chi connectivity index (χ0) is 15.6. The Hall–Kier alpha value is -1.69. The number of nitrogens with one attached hydrogen (secondary N) is 1. The normalized spacial score (nSPS) is 11.5. The maximum Gasteiger partial charge on any atom is 0.261 e. The van der Waals surface area contributed by atoms with Gasteiger partial charge in [-0.15, -0.1) is 0 Å². The molecule has 5 nitrogen and oxygen atoms in total. The largest absolute Gasteiger partial charge is 0.315 e. The fourth-order valence-corrected chi connectivity index (χ4v) is 2.51. The Morgan fingerprint density at radius 1 is 1.24 bits per heavy atom. The molecule has 0 aliphatic heterocycles. The maximum atomic E-state index is 12.6. The van der Waals surface area contributed by atoms with Crippen LogP contribution >= 0.6 is 12.2 Å². The molecule has 0 saturated carbocycles. The van der Waals surface area contributed by atoms with Crippen LogP contribution < -0.4 is 5.56 Å². The van der Waals surface area contributed by atoms with Crippen molar-refractivity contribution < 1.29 is 0 Å². The van der Waals surface area contributed by atoms with Crippen molar-refractivity contribution in [1.82, 2.24) is 19.3 Å². The van der Waals surface area contributed by atoms with Gasteiger partial charge in [-0.2, -0.15) is 5.10 Å². The summed E-state index contributed by atoms with van der Waals surface area (Å²) in [5.74, 6) is 1.46. The van der Waals surface area contributed by atoms with Crippen LogP contribution in [-0.2, 0) is 13.1 Å². The lowest BCUT2D eigenvalue weighted by Gasteiger charge is -2.12. The minimum absolute atomic E-state index is 0.0230. The van der Waals surface area contributed by atoms with Crippen LogP contribution in [0.5, 0.6) is 0 Å². The molecule has 2 rings (SSSR count). The molecule has 0 bridgehead atoms. The molecule has 2 aromatic rings. The quantitative estimate of drug-likeness (QED) is 0.864. The number of hydrogen-bond donors (Lipinski definition) is 1. The highest BCUT2D eigenvalue weighted by molar-refractivity contribution is 7.71. The highest BCUT2D eigenvalue weighted by atomic mass is 32.1. The van der Waals surface area contributed by atoms with Crippen LogP contribution in [0.2, 0.25) is 0 Å². The van der Waals surface area contributed by atoms with Gasteiger partial charge < -0.3 is 4.57 Å². The van der Waals surface area contributed by atoms with E-state index in [1.807, 2.05) is 16.8 Å². The number of rotatable bonds is 5. The van der Waals surface area contributed by atoms with Crippen LogP contribution in [0.1, 0.15) is 27.7 Å². The summed E-state index contributed by atoms with van der Waals surface area (Å²) in [6.45, 7) is 9.84. The van der Waals surface area contributed by atoms with Gasteiger partial charge >= 0.3 is 0 Å². The molecule has 0 saturated heterocycles. The fourth-order valence-electron chi connectivity index (χ4n) is 2.30. The predicted octanol–water partition coefficient (Wildman–Crippen LogP) is 3.08. The number of pyridine rings is 1. The Kier molecular flexibility index (Phi) is 4.77. The van der Waals surface area contributed by atoms with E-state index in [-0.39, 0.29) is 5.56 Å². The van der Waals surface area contributed by atoms with E-state index in [2.05, 4.69) is 37.9 Å². The van der Waals surface area contributed by atoms with Crippen molar-refractivity contribution in [3.05, 3.63) is 33.5 Å². The van der Waals surface area contributed by atoms with Crippen molar-refractivity contribution in [2.75, 3.05) is 0 Å². The van der Waals surface area contributed by atoms with E-state index in [1.54, 1.807) is 10.6 Å². The monoisotopic (exact) mass is 306 g/mol. The SMILES string of the molecule is CC(C)Cn1cccc(-c2n[nH]c(=S)n2CC(C)C)c1=O. The van der Waals surface area contributed by atoms with Crippen LogP contribution in [0.4, 0.5) is 0 Å². The molecule has 114 valence electrons. The van der Waals surface area contributed by atoms with E-state index in [0.717, 1.165) is 6.54 Å². The first-order chi connectivity index (χ1) is 9.90. The van der Waals surface area contributed by atoms with E-state index in [0.29, 0.717) is 34.5 Å². The summed E-state index contributed by atoms with van der Waals surface area (Å²) in [7, 11) is 0. The first-order valence-corrected chi connectivity index (χ1v) is 7.66. The Morgan fingerprint density at radius 2 is 1.90 bits per heavy atom. The third-order valence-corrected chi connectivity index (χ3v) is 3.44. The Bertz CT molecular complexity index is 724. The van der Waals surface area contributed by atoms with Crippen molar-refractivity contribution in [2.45, 2.75) is 40.8 Å². The Balaban J connectivity index is 2.53. The van der Waals surface area contributed by atoms with E-state index in [9.17, 15) is 4.79 Å². The Labute approximate surface area is 129 Å². The topological polar surface area (TPSA) is 55.6 Å². The molecule has 0 unspecified atom stereocenters. The molecule has 0 fully saturated rings. The van der Waals surface area contributed by atoms with Crippen LogP contribution in [0.3, 0.4) is 0 Å². The van der Waals surface area contributed by atoms with Gasteiger partial charge in [-0.1, -0.05) is 27.7 Å². The van der Waals surface area contributed by atoms with Gasteiger partial charge in [-0.3, -0.25) is 14.5 Å². The molecular weight excluding hydrogens is 284 g/mol. The van der Waals surface area contributed by atoms with Crippen molar-refractivity contribution in [3.8, 4) is 11.4 Å². The van der Waals surface area contributed by atoms with Crippen LogP contribution in [0, 0.1) is 16.6 Å². The highest BCUT2D eigenvalue weighted by Gasteiger charge is 2.14. The zero-order valence-corrected chi connectivity index (χ0v) is 13.8. The molecule has 1 N–H and O–H groups in total. The first kappa shape index (κ1) is 15.7. The molecule has 2 heterocycles. The second-order valence-corrected chi connectivity index (χ2v) is 6.52. The van der Waals surface area contributed by atoms with E-state index in [1.165, 1.54) is 0 Å². The molecule has 0 radical (unpaired) electrons. The number of aromatic amines is 1. The molecular formula is C15H22N4OS. The molecule has 6 heteroatoms. The third kappa shape index (κ3) is 3.50. The maximum absolute atomic E-state index is 12.6. The lowest BCUT2D eigenvalue weighted by Crippen LogP contribution is -2.24. The van der Waals surface area contributed by atoms with E-state index < -0.39 is 0 Å². The molecule has 0 atom stereocenters. The molecule has 0 spiro atoms. The second-order valence-electron chi connectivity index (χ2n) is 6.13. The zero-order valence-electron chi connectivity index (χ0n) is 13.0. The highest BCUT2D eigenvalue weighted by Crippen LogP contribution is 2.15. The molecule has 0 aliphatic rings. The van der Waals surface area contributed by atoms with E-state index >= 15 is 0 Å². The molecule has 21 heavy (non-hydrogen) atoms. The van der Waals surface area contributed by atoms with Gasteiger partial charge in [-0.25, -0.2) is 0 Å². The second kappa shape index (κ2) is 6.39. The van der Waals surface area contributed by atoms with Gasteiger partial charge in [0.15, 0.2) is 10.6 Å². The standard InChI is InChI=1S/C15H22N4OS/c1-10(2)8-18-7-5-6-12(14(18)20)13-16-17-15(21)19(13)9-11(3)4/h5-7,10-11H,8-9H2,1-4H3,(H,17,21). The summed E-state index contributed by atoms with van der Waals surface area (Å²) < 4.78 is 4.19. The lowest BCUT2D eigenvalue weighted by atomic mass is 10.2. The summed E-state index contributed by atoms with van der Waals surface area (Å²) in [5, 5.41) is 7.05. The third-order valence-electron chi connectivity index (χ3n) is 3.13. The molecule has 0 amide bonds. The predicted molar refractivity (Wildman–Crippen MR) is 86.8 cm³/mol. The van der Waals surface area contributed by atoms with Gasteiger partial charge in [-0.05, 0) is 36.2 Å². The van der Waals surface area contributed by atoms with Crippen molar-refractivity contribution in [2.24, 2.45) is 11.8 Å². The summed E-state index contributed by atoms with van der Waals surface area (Å²) in [6, 6.07) is 3.69. The lowest BCUT2D eigenvalue weighted by molar-refractivity contribution is 0.509. The summed E-state index contributed by atoms with van der Waals surface area (Å²) in [4.78, 5) is 12.6. The van der Waals surface area contributed by atoms with Crippen LogP contribution in [0.25, 0.3) is 11.4 Å². The van der Waals surface area contributed by atoms with Gasteiger partial charge in [0.25, 0.3) is 5.56 Å². The summed E-state index contributed by atoms with van der Waals surface area (Å²) in [6.07, 6.45) is 1.82. The summed E-state index contributed by atoms with van der Waals surface area (Å²) in [5.41, 5.74) is 0.566.